The minimum atomic E-state index is -3.75. The van der Waals surface area contributed by atoms with Gasteiger partial charge in [-0.1, -0.05) is 18.6 Å². The van der Waals surface area contributed by atoms with Gasteiger partial charge in [0.05, 0.1) is 7.11 Å². The Bertz CT molecular complexity index is 939. The van der Waals surface area contributed by atoms with Crippen LogP contribution in [0.5, 0.6) is 5.75 Å². The van der Waals surface area contributed by atoms with Crippen LogP contribution in [0.4, 0.5) is 4.39 Å². The van der Waals surface area contributed by atoms with Gasteiger partial charge in [-0.15, -0.1) is 0 Å². The van der Waals surface area contributed by atoms with E-state index in [0.29, 0.717) is 13.1 Å². The number of hydrogen-bond acceptors (Lipinski definition) is 4. The molecule has 1 saturated heterocycles. The molecule has 1 fully saturated rings. The molecule has 1 amide bonds. The van der Waals surface area contributed by atoms with Gasteiger partial charge < -0.3 is 10.1 Å². The van der Waals surface area contributed by atoms with Crippen molar-refractivity contribution in [1.82, 2.24) is 9.62 Å². The van der Waals surface area contributed by atoms with Crippen molar-refractivity contribution in [2.75, 3.05) is 20.2 Å². The number of rotatable bonds is 6. The van der Waals surface area contributed by atoms with E-state index < -0.39 is 15.9 Å². The molecular formula is C20H23FN2O4S. The van der Waals surface area contributed by atoms with Crippen LogP contribution in [0.15, 0.2) is 47.4 Å². The summed E-state index contributed by atoms with van der Waals surface area (Å²) >= 11 is 0. The summed E-state index contributed by atoms with van der Waals surface area (Å²) < 4.78 is 45.7. The molecular weight excluding hydrogens is 383 g/mol. The average Bonchev–Trinajstić information content (AvgIpc) is 2.73. The van der Waals surface area contributed by atoms with E-state index in [4.69, 9.17) is 4.74 Å². The first-order valence-electron chi connectivity index (χ1n) is 9.12. The molecule has 6 nitrogen and oxygen atoms in total. The second-order valence-corrected chi connectivity index (χ2v) is 8.55. The third-order valence-electron chi connectivity index (χ3n) is 4.72. The van der Waals surface area contributed by atoms with E-state index in [1.807, 2.05) is 0 Å². The zero-order chi connectivity index (χ0) is 20.1. The highest BCUT2D eigenvalue weighted by atomic mass is 32.2. The van der Waals surface area contributed by atoms with Crippen LogP contribution in [0.3, 0.4) is 0 Å². The van der Waals surface area contributed by atoms with E-state index in [9.17, 15) is 17.6 Å². The molecule has 0 aromatic heterocycles. The molecule has 150 valence electrons. The standard InChI is InChI=1S/C20H23FN2O4S/c1-27-18-10-7-16(20(24)22-14-15-5-8-17(21)9-6-15)13-19(18)28(25,26)23-11-3-2-4-12-23/h5-10,13H,2-4,11-12,14H2,1H3,(H,22,24). The monoisotopic (exact) mass is 406 g/mol. The number of ether oxygens (including phenoxy) is 1. The highest BCUT2D eigenvalue weighted by molar-refractivity contribution is 7.89. The molecule has 2 aromatic rings. The van der Waals surface area contributed by atoms with Crippen LogP contribution in [0.1, 0.15) is 35.2 Å². The third-order valence-corrected chi connectivity index (χ3v) is 6.64. The fraction of sp³-hybridized carbons (Fsp3) is 0.350. The summed E-state index contributed by atoms with van der Waals surface area (Å²) in [4.78, 5) is 12.5. The number of halogens is 1. The van der Waals surface area contributed by atoms with E-state index in [-0.39, 0.29) is 28.6 Å². The van der Waals surface area contributed by atoms with Crippen LogP contribution in [-0.4, -0.2) is 38.8 Å². The molecule has 8 heteroatoms. The van der Waals surface area contributed by atoms with Gasteiger partial charge in [0, 0.05) is 25.2 Å². The number of nitrogens with one attached hydrogen (secondary N) is 1. The van der Waals surface area contributed by atoms with E-state index in [2.05, 4.69) is 5.32 Å². The number of carbonyl (C=O) groups excluding carboxylic acids is 1. The summed E-state index contributed by atoms with van der Waals surface area (Å²) in [5.74, 6) is -0.555. The van der Waals surface area contributed by atoms with Crippen molar-refractivity contribution >= 4 is 15.9 Å². The zero-order valence-corrected chi connectivity index (χ0v) is 16.5. The molecule has 0 bridgehead atoms. The zero-order valence-electron chi connectivity index (χ0n) is 15.7. The van der Waals surface area contributed by atoms with Crippen molar-refractivity contribution in [2.24, 2.45) is 0 Å². The Morgan fingerprint density at radius 1 is 1.11 bits per heavy atom. The van der Waals surface area contributed by atoms with Crippen molar-refractivity contribution in [3.8, 4) is 5.75 Å². The maximum atomic E-state index is 13.0. The normalized spacial score (nSPS) is 15.2. The summed E-state index contributed by atoms with van der Waals surface area (Å²) in [5, 5.41) is 2.72. The lowest BCUT2D eigenvalue weighted by Crippen LogP contribution is -2.36. The van der Waals surface area contributed by atoms with Gasteiger partial charge in [0.2, 0.25) is 10.0 Å². The van der Waals surface area contributed by atoms with E-state index in [0.717, 1.165) is 24.8 Å². The molecule has 1 aliphatic heterocycles. The molecule has 1 aliphatic rings. The van der Waals surface area contributed by atoms with Crippen molar-refractivity contribution < 1.29 is 22.3 Å². The minimum Gasteiger partial charge on any atom is -0.495 e. The molecule has 0 radical (unpaired) electrons. The van der Waals surface area contributed by atoms with Gasteiger partial charge in [-0.25, -0.2) is 12.8 Å². The molecule has 0 aliphatic carbocycles. The Morgan fingerprint density at radius 2 is 1.79 bits per heavy atom. The first-order valence-corrected chi connectivity index (χ1v) is 10.6. The summed E-state index contributed by atoms with van der Waals surface area (Å²) in [6.07, 6.45) is 2.65. The highest BCUT2D eigenvalue weighted by Gasteiger charge is 2.29. The molecule has 2 aromatic carbocycles. The first kappa shape index (κ1) is 20.3. The molecule has 28 heavy (non-hydrogen) atoms. The number of methoxy groups -OCH3 is 1. The van der Waals surface area contributed by atoms with Gasteiger partial charge in [-0.2, -0.15) is 4.31 Å². The maximum absolute atomic E-state index is 13.0. The topological polar surface area (TPSA) is 75.7 Å². The van der Waals surface area contributed by atoms with Gasteiger partial charge in [0.25, 0.3) is 5.91 Å². The number of carbonyl (C=O) groups is 1. The fourth-order valence-corrected chi connectivity index (χ4v) is 4.85. The Hall–Kier alpha value is -2.45. The number of sulfonamides is 1. The lowest BCUT2D eigenvalue weighted by Gasteiger charge is -2.26. The summed E-state index contributed by atoms with van der Waals surface area (Å²) in [5.41, 5.74) is 0.961. The Morgan fingerprint density at radius 3 is 2.43 bits per heavy atom. The second-order valence-electron chi connectivity index (χ2n) is 6.64. The maximum Gasteiger partial charge on any atom is 0.251 e. The SMILES string of the molecule is COc1ccc(C(=O)NCc2ccc(F)cc2)cc1S(=O)(=O)N1CCCCC1. The summed E-state index contributed by atoms with van der Waals surface area (Å²) in [6, 6.07) is 10.2. The van der Waals surface area contributed by atoms with Crippen LogP contribution in [0.25, 0.3) is 0 Å². The minimum absolute atomic E-state index is 0.00803. The predicted octanol–water partition coefficient (Wildman–Crippen LogP) is 2.94. The molecule has 1 heterocycles. The lowest BCUT2D eigenvalue weighted by molar-refractivity contribution is 0.0950. The Kier molecular flexibility index (Phi) is 6.31. The number of nitrogens with zero attached hydrogens (tertiary/aromatic N) is 1. The summed E-state index contributed by atoms with van der Waals surface area (Å²) in [7, 11) is -2.34. The van der Waals surface area contributed by atoms with Crippen LogP contribution in [0.2, 0.25) is 0 Å². The molecule has 1 N–H and O–H groups in total. The van der Waals surface area contributed by atoms with Crippen molar-refractivity contribution in [2.45, 2.75) is 30.7 Å². The molecule has 3 rings (SSSR count). The predicted molar refractivity (Wildman–Crippen MR) is 103 cm³/mol. The molecule has 0 saturated carbocycles. The van der Waals surface area contributed by atoms with Crippen molar-refractivity contribution in [3.63, 3.8) is 0 Å². The van der Waals surface area contributed by atoms with Gasteiger partial charge in [-0.3, -0.25) is 4.79 Å². The van der Waals surface area contributed by atoms with Crippen molar-refractivity contribution in [1.29, 1.82) is 0 Å². The number of piperidine rings is 1. The first-order chi connectivity index (χ1) is 13.4. The molecule has 0 spiro atoms. The Balaban J connectivity index is 1.81. The molecule has 0 atom stereocenters. The van der Waals surface area contributed by atoms with Gasteiger partial charge in [0.15, 0.2) is 0 Å². The van der Waals surface area contributed by atoms with E-state index >= 15 is 0 Å². The largest absolute Gasteiger partial charge is 0.495 e. The van der Waals surface area contributed by atoms with Gasteiger partial charge >= 0.3 is 0 Å². The fourth-order valence-electron chi connectivity index (χ4n) is 3.15. The molecule has 0 unspecified atom stereocenters. The third kappa shape index (κ3) is 4.51. The number of amides is 1. The van der Waals surface area contributed by atoms with Crippen LogP contribution in [0, 0.1) is 5.82 Å². The Labute approximate surface area is 164 Å². The van der Waals surface area contributed by atoms with Crippen LogP contribution >= 0.6 is 0 Å². The van der Waals surface area contributed by atoms with Crippen LogP contribution in [-0.2, 0) is 16.6 Å². The highest BCUT2D eigenvalue weighted by Crippen LogP contribution is 2.29. The van der Waals surface area contributed by atoms with E-state index in [1.165, 1.54) is 41.7 Å². The van der Waals surface area contributed by atoms with Crippen LogP contribution < -0.4 is 10.1 Å². The average molecular weight is 406 g/mol. The quantitative estimate of drug-likeness (QED) is 0.800. The lowest BCUT2D eigenvalue weighted by atomic mass is 10.2. The second kappa shape index (κ2) is 8.70. The van der Waals surface area contributed by atoms with Crippen molar-refractivity contribution in [3.05, 3.63) is 59.4 Å². The van der Waals surface area contributed by atoms with E-state index in [1.54, 1.807) is 12.1 Å². The van der Waals surface area contributed by atoms with Gasteiger partial charge in [-0.05, 0) is 48.7 Å². The number of hydrogen-bond donors (Lipinski definition) is 1. The summed E-state index contributed by atoms with van der Waals surface area (Å²) in [6.45, 7) is 1.14. The smallest absolute Gasteiger partial charge is 0.251 e. The van der Waals surface area contributed by atoms with Gasteiger partial charge in [0.1, 0.15) is 16.5 Å². The number of benzene rings is 2.